The molecule has 3 fully saturated rings. The zero-order valence-electron chi connectivity index (χ0n) is 35.4. The van der Waals surface area contributed by atoms with Crippen molar-refractivity contribution in [3.8, 4) is 0 Å². The number of carbonyl (C=O) groups is 3. The molecule has 0 radical (unpaired) electrons. The van der Waals surface area contributed by atoms with Gasteiger partial charge in [0, 0.05) is 44.8 Å². The molecule has 56 heavy (non-hydrogen) atoms. The van der Waals surface area contributed by atoms with Crippen molar-refractivity contribution in [1.82, 2.24) is 4.90 Å². The molecule has 10 heteroatoms. The number of fused-ring (bicyclic) bond motifs is 3. The second-order valence-electron chi connectivity index (χ2n) is 17.8. The quantitative estimate of drug-likeness (QED) is 0.195. The summed E-state index contributed by atoms with van der Waals surface area (Å²) in [5.41, 5.74) is 1.67. The Kier molecular flexibility index (Phi) is 18.0. The van der Waals surface area contributed by atoms with Gasteiger partial charge in [0.05, 0.1) is 30.8 Å². The first-order valence-electron chi connectivity index (χ1n) is 21.6. The van der Waals surface area contributed by atoms with Crippen LogP contribution in [0.3, 0.4) is 0 Å². The second-order valence-corrected chi connectivity index (χ2v) is 17.8. The van der Waals surface area contributed by atoms with Crippen LogP contribution < -0.4 is 0 Å². The molecule has 1 saturated carbocycles. The number of methoxy groups -OCH3 is 1. The fourth-order valence-electron chi connectivity index (χ4n) is 9.08. The molecule has 316 valence electrons. The molecule has 10 nitrogen and oxygen atoms in total. The zero-order valence-corrected chi connectivity index (χ0v) is 35.4. The molecule has 1 aliphatic carbocycles. The van der Waals surface area contributed by atoms with Crippen molar-refractivity contribution in [2.45, 2.75) is 180 Å². The Morgan fingerprint density at radius 2 is 1.66 bits per heavy atom. The van der Waals surface area contributed by atoms with Crippen molar-refractivity contribution in [1.29, 1.82) is 0 Å². The number of rotatable bonds is 4. The van der Waals surface area contributed by atoms with Crippen LogP contribution in [0.5, 0.6) is 0 Å². The molecule has 0 spiro atoms. The topological polar surface area (TPSA) is 143 Å². The molecule has 2 saturated heterocycles. The number of esters is 1. The van der Waals surface area contributed by atoms with Crippen molar-refractivity contribution in [3.05, 3.63) is 47.6 Å². The Hall–Kier alpha value is -2.63. The molecule has 0 aromatic heterocycles. The molecule has 10 unspecified atom stereocenters. The van der Waals surface area contributed by atoms with Gasteiger partial charge in [-0.1, -0.05) is 64.2 Å². The predicted molar refractivity (Wildman–Crippen MR) is 218 cm³/mol. The fourth-order valence-corrected chi connectivity index (χ4v) is 9.08. The first-order chi connectivity index (χ1) is 26.6. The Bertz CT molecular complexity index is 1410. The van der Waals surface area contributed by atoms with Gasteiger partial charge < -0.3 is 34.4 Å². The van der Waals surface area contributed by atoms with Crippen LogP contribution in [0.2, 0.25) is 0 Å². The van der Waals surface area contributed by atoms with E-state index in [9.17, 15) is 29.7 Å². The van der Waals surface area contributed by atoms with E-state index in [0.29, 0.717) is 50.1 Å². The van der Waals surface area contributed by atoms with Crippen LogP contribution in [-0.4, -0.2) is 93.9 Å². The molecule has 4 rings (SSSR count). The van der Waals surface area contributed by atoms with Crippen LogP contribution in [0.25, 0.3) is 0 Å². The Morgan fingerprint density at radius 3 is 2.38 bits per heavy atom. The molecule has 1 amide bonds. The van der Waals surface area contributed by atoms with Gasteiger partial charge in [0.15, 0.2) is 5.79 Å². The van der Waals surface area contributed by atoms with E-state index in [4.69, 9.17) is 14.2 Å². The van der Waals surface area contributed by atoms with Gasteiger partial charge in [-0.2, -0.15) is 0 Å². The highest BCUT2D eigenvalue weighted by Crippen LogP contribution is 2.38. The van der Waals surface area contributed by atoms with Crippen LogP contribution in [0.1, 0.15) is 138 Å². The number of ketones is 1. The summed E-state index contributed by atoms with van der Waals surface area (Å²) in [6, 6.07) is -0.776. The highest BCUT2D eigenvalue weighted by atomic mass is 16.6. The predicted octanol–water partition coefficient (Wildman–Crippen LogP) is 7.55. The molecule has 4 aliphatic rings. The lowest BCUT2D eigenvalue weighted by Crippen LogP contribution is -2.54. The van der Waals surface area contributed by atoms with E-state index < -0.39 is 30.0 Å². The van der Waals surface area contributed by atoms with E-state index in [1.165, 1.54) is 0 Å². The number of ether oxygens (including phenoxy) is 3. The number of carbonyl (C=O) groups excluding carboxylic acids is 3. The highest BCUT2D eigenvalue weighted by molar-refractivity contribution is 5.85. The van der Waals surface area contributed by atoms with Crippen molar-refractivity contribution in [2.75, 3.05) is 13.7 Å². The lowest BCUT2D eigenvalue weighted by Gasteiger charge is -2.44. The summed E-state index contributed by atoms with van der Waals surface area (Å²) in [5, 5.41) is 33.1. The summed E-state index contributed by atoms with van der Waals surface area (Å²) < 4.78 is 18.6. The summed E-state index contributed by atoms with van der Waals surface area (Å²) in [6.07, 6.45) is 18.6. The van der Waals surface area contributed by atoms with Gasteiger partial charge in [0.25, 0.3) is 0 Å². The fraction of sp³-hybridized carbons (Fsp3) is 0.761. The lowest BCUT2D eigenvalue weighted by atomic mass is 9.80. The number of piperidine rings is 1. The number of Topliss-reactive ketones (excluding diaryl/α,β-unsaturated/α-hetero) is 1. The maximum absolute atomic E-state index is 14.2. The standard InChI is InChI=1S/C46H73NO9/c1-30-13-9-8-10-14-32(3)43(54-7)27-38-22-17-35(6)46(53,56-38)29-44(51)47-24-12-11-15-39(47)45(52)55-42(34(5)26-36-18-20-37(48)21-19-36)23-16-31(2)40(49)28-41(50)33(4)25-30/h8-10,13-14,16,30,33-40,42-43,48-49,53H,11-12,15,17-29H2,1-7H3. The van der Waals surface area contributed by atoms with Crippen LogP contribution in [0.4, 0.5) is 0 Å². The summed E-state index contributed by atoms with van der Waals surface area (Å²) >= 11 is 0. The first kappa shape index (κ1) is 46.1. The number of hydrogen-bond donors (Lipinski definition) is 3. The minimum Gasteiger partial charge on any atom is -0.460 e. The highest BCUT2D eigenvalue weighted by Gasteiger charge is 2.46. The molecule has 3 aliphatic heterocycles. The second kappa shape index (κ2) is 21.9. The molecular weight excluding hydrogens is 711 g/mol. The summed E-state index contributed by atoms with van der Waals surface area (Å²) in [4.78, 5) is 43.1. The smallest absolute Gasteiger partial charge is 0.329 e. The summed E-state index contributed by atoms with van der Waals surface area (Å²) in [7, 11) is 1.66. The largest absolute Gasteiger partial charge is 0.460 e. The minimum absolute atomic E-state index is 0.00740. The van der Waals surface area contributed by atoms with E-state index in [1.807, 2.05) is 58.1 Å². The van der Waals surface area contributed by atoms with Crippen molar-refractivity contribution >= 4 is 17.7 Å². The zero-order chi connectivity index (χ0) is 41.0. The summed E-state index contributed by atoms with van der Waals surface area (Å²) in [5.74, 6) is -2.40. The van der Waals surface area contributed by atoms with Crippen LogP contribution >= 0.6 is 0 Å². The van der Waals surface area contributed by atoms with Crippen LogP contribution in [0.15, 0.2) is 47.6 Å². The number of cyclic esters (lactones) is 1. The minimum atomic E-state index is -1.68. The number of allylic oxidation sites excluding steroid dienone is 5. The van der Waals surface area contributed by atoms with E-state index in [0.717, 1.165) is 56.9 Å². The summed E-state index contributed by atoms with van der Waals surface area (Å²) in [6.45, 7) is 12.2. The van der Waals surface area contributed by atoms with Gasteiger partial charge in [-0.25, -0.2) is 4.79 Å². The normalized spacial score (nSPS) is 37.5. The van der Waals surface area contributed by atoms with Gasteiger partial charge in [0.2, 0.25) is 5.91 Å². The van der Waals surface area contributed by atoms with E-state index in [1.54, 1.807) is 12.0 Å². The number of hydrogen-bond acceptors (Lipinski definition) is 9. The Morgan fingerprint density at radius 1 is 0.929 bits per heavy atom. The lowest BCUT2D eigenvalue weighted by molar-refractivity contribution is -0.284. The molecule has 10 atom stereocenters. The molecule has 0 aromatic carbocycles. The van der Waals surface area contributed by atoms with Gasteiger partial charge >= 0.3 is 5.97 Å². The van der Waals surface area contributed by atoms with E-state index >= 15 is 0 Å². The molecule has 0 aromatic rings. The number of amides is 1. The number of aliphatic hydroxyl groups excluding tert-OH is 2. The SMILES string of the molecule is COC1CC2CCC(C)C(O)(CC(=O)N3CCCCC3C(=O)OC(C(C)CC3CCC(O)CC3)CC=C(C)C(O)CC(=O)C(C)CC(C)C=CC=CC=C1C)O2. The monoisotopic (exact) mass is 784 g/mol. The van der Waals surface area contributed by atoms with Crippen LogP contribution in [-0.2, 0) is 28.6 Å². The van der Waals surface area contributed by atoms with Crippen LogP contribution in [0, 0.1) is 29.6 Å². The first-order valence-corrected chi connectivity index (χ1v) is 21.6. The van der Waals surface area contributed by atoms with E-state index in [-0.39, 0.29) is 66.5 Å². The molecule has 3 N–H and O–H groups in total. The van der Waals surface area contributed by atoms with Crippen molar-refractivity contribution in [2.24, 2.45) is 29.6 Å². The van der Waals surface area contributed by atoms with Crippen molar-refractivity contribution in [3.63, 3.8) is 0 Å². The maximum Gasteiger partial charge on any atom is 0.329 e. The van der Waals surface area contributed by atoms with Crippen molar-refractivity contribution < 1.29 is 43.9 Å². The average molecular weight is 784 g/mol. The third-order valence-corrected chi connectivity index (χ3v) is 13.1. The average Bonchev–Trinajstić information content (AvgIpc) is 3.16. The maximum atomic E-state index is 14.2. The number of aliphatic hydroxyl groups is 3. The molecular formula is C46H73NO9. The van der Waals surface area contributed by atoms with Gasteiger partial charge in [-0.05, 0) is 113 Å². The molecule has 3 heterocycles. The molecule has 2 bridgehead atoms. The van der Waals surface area contributed by atoms with Gasteiger partial charge in [-0.3, -0.25) is 9.59 Å². The third kappa shape index (κ3) is 13.5. The third-order valence-electron chi connectivity index (χ3n) is 13.1. The Balaban J connectivity index is 1.61. The Labute approximate surface area is 336 Å². The van der Waals surface area contributed by atoms with E-state index in [2.05, 4.69) is 19.9 Å². The van der Waals surface area contributed by atoms with Gasteiger partial charge in [0.1, 0.15) is 17.9 Å². The number of nitrogens with zero attached hydrogens (tertiary/aromatic N) is 1. The van der Waals surface area contributed by atoms with Gasteiger partial charge in [-0.15, -0.1) is 0 Å².